The summed E-state index contributed by atoms with van der Waals surface area (Å²) in [6.45, 7) is 0.731. The highest BCUT2D eigenvalue weighted by Crippen LogP contribution is 2.28. The summed E-state index contributed by atoms with van der Waals surface area (Å²) >= 11 is 0. The third kappa shape index (κ3) is 3.74. The second-order valence-corrected chi connectivity index (χ2v) is 8.18. The van der Waals surface area contributed by atoms with Crippen LogP contribution in [0.5, 0.6) is 0 Å². The highest BCUT2D eigenvalue weighted by atomic mass is 16.2. The maximum absolute atomic E-state index is 12.2. The monoisotopic (exact) mass is 438 g/mol. The van der Waals surface area contributed by atoms with E-state index in [1.807, 2.05) is 55.7 Å². The summed E-state index contributed by atoms with van der Waals surface area (Å²) < 4.78 is 3.42. The molecule has 0 aliphatic carbocycles. The maximum Gasteiger partial charge on any atom is 0.269 e. The molecule has 1 aliphatic heterocycles. The fourth-order valence-corrected chi connectivity index (χ4v) is 4.09. The van der Waals surface area contributed by atoms with Crippen molar-refractivity contribution in [1.82, 2.24) is 24.5 Å². The quantitative estimate of drug-likeness (QED) is 0.497. The zero-order valence-corrected chi connectivity index (χ0v) is 18.3. The Morgan fingerprint density at radius 2 is 2.00 bits per heavy atom. The van der Waals surface area contributed by atoms with Gasteiger partial charge < -0.3 is 10.6 Å². The van der Waals surface area contributed by atoms with Gasteiger partial charge in [0.15, 0.2) is 5.69 Å². The van der Waals surface area contributed by atoms with E-state index in [1.165, 1.54) is 0 Å². The SMILES string of the molecule is CN1CCC(C#Cc2cccc(-n3nc(C(N)=O)c4cc(-c5cnn(C)c5)ccc43)c2)C1=O. The Bertz CT molecular complexity index is 1470. The lowest BCUT2D eigenvalue weighted by molar-refractivity contribution is -0.128. The standard InChI is InChI=1S/C25H22N6O2/c1-29-11-10-17(25(29)33)7-6-16-4-3-5-20(12-16)31-22-9-8-18(19-14-27-30(2)15-19)13-21(22)23(28-31)24(26)32/h3-5,8-9,12-15,17H,10-11H2,1-2H3,(H2,26,32). The molecule has 164 valence electrons. The van der Waals surface area contributed by atoms with Gasteiger partial charge in [-0.3, -0.25) is 14.3 Å². The number of rotatable bonds is 3. The van der Waals surface area contributed by atoms with Crippen LogP contribution in [-0.2, 0) is 11.8 Å². The van der Waals surface area contributed by atoms with Crippen molar-refractivity contribution in [3.63, 3.8) is 0 Å². The van der Waals surface area contributed by atoms with E-state index in [-0.39, 0.29) is 17.5 Å². The minimum Gasteiger partial charge on any atom is -0.364 e. The fraction of sp³-hybridized carbons (Fsp3) is 0.200. The topological polar surface area (TPSA) is 99.0 Å². The van der Waals surface area contributed by atoms with Gasteiger partial charge in [0.05, 0.1) is 17.4 Å². The molecular formula is C25H22N6O2. The molecule has 1 unspecified atom stereocenters. The van der Waals surface area contributed by atoms with Crippen molar-refractivity contribution in [2.75, 3.05) is 13.6 Å². The van der Waals surface area contributed by atoms with Crippen LogP contribution in [0.2, 0.25) is 0 Å². The van der Waals surface area contributed by atoms with E-state index in [0.717, 1.165) is 40.9 Å². The van der Waals surface area contributed by atoms with Crippen molar-refractivity contribution in [3.8, 4) is 28.7 Å². The average Bonchev–Trinajstić information content (AvgIpc) is 3.50. The van der Waals surface area contributed by atoms with Crippen LogP contribution in [0.4, 0.5) is 0 Å². The van der Waals surface area contributed by atoms with Crippen molar-refractivity contribution in [2.45, 2.75) is 6.42 Å². The Labute approximate surface area is 190 Å². The van der Waals surface area contributed by atoms with Crippen LogP contribution in [0.3, 0.4) is 0 Å². The summed E-state index contributed by atoms with van der Waals surface area (Å²) in [7, 11) is 3.65. The summed E-state index contributed by atoms with van der Waals surface area (Å²) in [5.41, 5.74) is 9.99. The van der Waals surface area contributed by atoms with Gasteiger partial charge in [-0.25, -0.2) is 4.68 Å². The van der Waals surface area contributed by atoms with Gasteiger partial charge in [-0.2, -0.15) is 10.2 Å². The molecule has 0 saturated carbocycles. The van der Waals surface area contributed by atoms with Gasteiger partial charge in [-0.05, 0) is 42.3 Å². The zero-order chi connectivity index (χ0) is 23.1. The minimum absolute atomic E-state index is 0.0623. The molecule has 2 aromatic carbocycles. The molecule has 3 heterocycles. The van der Waals surface area contributed by atoms with Crippen LogP contribution >= 0.6 is 0 Å². The normalized spacial score (nSPS) is 15.6. The number of primary amides is 1. The first-order valence-electron chi connectivity index (χ1n) is 10.6. The Morgan fingerprint density at radius 3 is 2.70 bits per heavy atom. The Balaban J connectivity index is 1.56. The number of aryl methyl sites for hydroxylation is 1. The van der Waals surface area contributed by atoms with E-state index in [0.29, 0.717) is 5.39 Å². The summed E-state index contributed by atoms with van der Waals surface area (Å²) in [4.78, 5) is 26.0. The van der Waals surface area contributed by atoms with Crippen LogP contribution in [0, 0.1) is 17.8 Å². The third-order valence-corrected chi connectivity index (χ3v) is 5.86. The highest BCUT2D eigenvalue weighted by molar-refractivity contribution is 6.05. The number of carbonyl (C=O) groups excluding carboxylic acids is 2. The molecule has 2 amide bonds. The second kappa shape index (κ2) is 7.95. The fourth-order valence-electron chi connectivity index (χ4n) is 4.09. The molecule has 5 rings (SSSR count). The van der Waals surface area contributed by atoms with Crippen molar-refractivity contribution >= 4 is 22.7 Å². The van der Waals surface area contributed by atoms with E-state index < -0.39 is 5.91 Å². The molecular weight excluding hydrogens is 416 g/mol. The number of hydrogen-bond donors (Lipinski definition) is 1. The maximum atomic E-state index is 12.2. The number of nitrogens with zero attached hydrogens (tertiary/aromatic N) is 5. The van der Waals surface area contributed by atoms with Gasteiger partial charge in [0.25, 0.3) is 5.91 Å². The van der Waals surface area contributed by atoms with Crippen LogP contribution in [-0.4, -0.2) is 49.9 Å². The molecule has 8 heteroatoms. The van der Waals surface area contributed by atoms with E-state index in [2.05, 4.69) is 22.0 Å². The van der Waals surface area contributed by atoms with Gasteiger partial charge in [0, 0.05) is 43.4 Å². The van der Waals surface area contributed by atoms with Gasteiger partial charge in [-0.15, -0.1) is 0 Å². The summed E-state index contributed by atoms with van der Waals surface area (Å²) in [5, 5.41) is 9.39. The number of carbonyl (C=O) groups is 2. The average molecular weight is 438 g/mol. The number of aromatic nitrogens is 4. The Morgan fingerprint density at radius 1 is 1.15 bits per heavy atom. The molecule has 2 aromatic heterocycles. The number of amides is 2. The van der Waals surface area contributed by atoms with Crippen LogP contribution in [0.15, 0.2) is 54.9 Å². The molecule has 1 saturated heterocycles. The van der Waals surface area contributed by atoms with E-state index in [9.17, 15) is 9.59 Å². The number of nitrogens with two attached hydrogens (primary N) is 1. The zero-order valence-electron chi connectivity index (χ0n) is 18.3. The lowest BCUT2D eigenvalue weighted by atomic mass is 10.1. The molecule has 1 atom stereocenters. The van der Waals surface area contributed by atoms with Crippen molar-refractivity contribution in [2.24, 2.45) is 18.7 Å². The van der Waals surface area contributed by atoms with Crippen molar-refractivity contribution < 1.29 is 9.59 Å². The Kier molecular flexibility index (Phi) is 4.94. The molecule has 0 spiro atoms. The van der Waals surface area contributed by atoms with Crippen molar-refractivity contribution in [1.29, 1.82) is 0 Å². The van der Waals surface area contributed by atoms with Crippen LogP contribution in [0.1, 0.15) is 22.5 Å². The van der Waals surface area contributed by atoms with Gasteiger partial charge in [0.1, 0.15) is 5.92 Å². The first kappa shape index (κ1) is 20.5. The molecule has 0 bridgehead atoms. The van der Waals surface area contributed by atoms with Crippen LogP contribution in [0.25, 0.3) is 27.7 Å². The molecule has 1 aliphatic rings. The largest absolute Gasteiger partial charge is 0.364 e. The smallest absolute Gasteiger partial charge is 0.269 e. The minimum atomic E-state index is -0.595. The predicted octanol–water partition coefficient (Wildman–Crippen LogP) is 2.35. The van der Waals surface area contributed by atoms with E-state index in [1.54, 1.807) is 27.5 Å². The number of hydrogen-bond acceptors (Lipinski definition) is 4. The van der Waals surface area contributed by atoms with Gasteiger partial charge in [0.2, 0.25) is 5.91 Å². The second-order valence-electron chi connectivity index (χ2n) is 8.18. The number of fused-ring (bicyclic) bond motifs is 1. The number of likely N-dealkylation sites (tertiary alicyclic amines) is 1. The summed E-state index contributed by atoms with van der Waals surface area (Å²) in [6.07, 6.45) is 4.42. The highest BCUT2D eigenvalue weighted by Gasteiger charge is 2.27. The summed E-state index contributed by atoms with van der Waals surface area (Å²) in [5.74, 6) is 5.41. The van der Waals surface area contributed by atoms with E-state index >= 15 is 0 Å². The van der Waals surface area contributed by atoms with Gasteiger partial charge in [-0.1, -0.05) is 24.0 Å². The summed E-state index contributed by atoms with van der Waals surface area (Å²) in [6, 6.07) is 13.3. The molecule has 8 nitrogen and oxygen atoms in total. The first-order valence-corrected chi connectivity index (χ1v) is 10.6. The first-order chi connectivity index (χ1) is 15.9. The molecule has 1 fully saturated rings. The molecule has 2 N–H and O–H groups in total. The number of benzene rings is 2. The third-order valence-electron chi connectivity index (χ3n) is 5.86. The predicted molar refractivity (Wildman–Crippen MR) is 124 cm³/mol. The molecule has 0 radical (unpaired) electrons. The van der Waals surface area contributed by atoms with Gasteiger partial charge >= 0.3 is 0 Å². The lowest BCUT2D eigenvalue weighted by Crippen LogP contribution is -2.21. The Hall–Kier alpha value is -4.38. The van der Waals surface area contributed by atoms with Crippen LogP contribution < -0.4 is 5.73 Å². The molecule has 33 heavy (non-hydrogen) atoms. The van der Waals surface area contributed by atoms with E-state index in [4.69, 9.17) is 5.73 Å². The lowest BCUT2D eigenvalue weighted by Gasteiger charge is -2.06. The molecule has 4 aromatic rings. The van der Waals surface area contributed by atoms with Crippen molar-refractivity contribution in [3.05, 3.63) is 66.1 Å².